The topological polar surface area (TPSA) is 55.3 Å². The lowest BCUT2D eigenvalue weighted by molar-refractivity contribution is 0.164. The maximum Gasteiger partial charge on any atom is 0.151 e. The Hall–Kier alpha value is -1.36. The van der Waals surface area contributed by atoms with E-state index in [1.54, 1.807) is 0 Å². The average molecular weight is 322 g/mol. The van der Waals surface area contributed by atoms with E-state index in [0.717, 1.165) is 43.2 Å². The molecule has 1 fully saturated rings. The Morgan fingerprint density at radius 3 is 2.55 bits per heavy atom. The van der Waals surface area contributed by atoms with E-state index in [9.17, 15) is 0 Å². The van der Waals surface area contributed by atoms with Crippen molar-refractivity contribution >= 4 is 12.4 Å². The summed E-state index contributed by atoms with van der Waals surface area (Å²) >= 11 is 0. The predicted octanol–water partition coefficient (Wildman–Crippen LogP) is 3.24. The molecule has 120 valence electrons. The van der Waals surface area contributed by atoms with Crippen LogP contribution in [0.2, 0.25) is 0 Å². The monoisotopic (exact) mass is 321 g/mol. The second-order valence-corrected chi connectivity index (χ2v) is 6.00. The summed E-state index contributed by atoms with van der Waals surface area (Å²) in [5.41, 5.74) is 9.01. The Bertz CT molecular complexity index is 574. The lowest BCUT2D eigenvalue weighted by Gasteiger charge is -2.30. The van der Waals surface area contributed by atoms with Gasteiger partial charge in [0, 0.05) is 11.6 Å². The van der Waals surface area contributed by atoms with Crippen LogP contribution in [0.1, 0.15) is 24.2 Å². The Labute approximate surface area is 138 Å². The molecule has 1 saturated heterocycles. The number of rotatable bonds is 4. The first-order chi connectivity index (χ1) is 10.2. The molecule has 1 aromatic heterocycles. The number of likely N-dealkylation sites (tertiary alicyclic amines) is 1. The third kappa shape index (κ3) is 4.09. The van der Waals surface area contributed by atoms with Crippen LogP contribution in [0, 0.1) is 12.8 Å². The van der Waals surface area contributed by atoms with Crippen molar-refractivity contribution < 1.29 is 4.52 Å². The number of nitrogens with two attached hydrogens (primary N) is 1. The van der Waals surface area contributed by atoms with Gasteiger partial charge in [0.15, 0.2) is 5.76 Å². The number of hydrogen-bond acceptors (Lipinski definition) is 4. The number of piperidine rings is 1. The molecule has 2 heterocycles. The molecule has 0 bridgehead atoms. The van der Waals surface area contributed by atoms with Gasteiger partial charge in [-0.2, -0.15) is 0 Å². The molecule has 0 atom stereocenters. The summed E-state index contributed by atoms with van der Waals surface area (Å²) in [4.78, 5) is 2.42. The van der Waals surface area contributed by atoms with Gasteiger partial charge in [-0.25, -0.2) is 0 Å². The quantitative estimate of drug-likeness (QED) is 0.939. The summed E-state index contributed by atoms with van der Waals surface area (Å²) in [5.74, 6) is 1.64. The fourth-order valence-electron chi connectivity index (χ4n) is 2.85. The molecule has 0 spiro atoms. The van der Waals surface area contributed by atoms with Gasteiger partial charge >= 0.3 is 0 Å². The summed E-state index contributed by atoms with van der Waals surface area (Å²) in [6, 6.07) is 10.4. The molecule has 0 saturated carbocycles. The van der Waals surface area contributed by atoms with E-state index in [1.165, 1.54) is 18.4 Å². The van der Waals surface area contributed by atoms with Crippen molar-refractivity contribution in [3.05, 3.63) is 41.7 Å². The van der Waals surface area contributed by atoms with Crippen molar-refractivity contribution in [3.63, 3.8) is 0 Å². The Morgan fingerprint density at radius 1 is 1.23 bits per heavy atom. The molecule has 4 nitrogen and oxygen atoms in total. The predicted molar refractivity (Wildman–Crippen MR) is 91.0 cm³/mol. The van der Waals surface area contributed by atoms with Gasteiger partial charge in [0.1, 0.15) is 5.69 Å². The van der Waals surface area contributed by atoms with Crippen LogP contribution in [0.5, 0.6) is 0 Å². The van der Waals surface area contributed by atoms with Crippen molar-refractivity contribution in [2.24, 2.45) is 11.7 Å². The fraction of sp³-hybridized carbons (Fsp3) is 0.471. The zero-order valence-corrected chi connectivity index (χ0v) is 13.8. The minimum Gasteiger partial charge on any atom is -0.359 e. The molecule has 0 unspecified atom stereocenters. The highest BCUT2D eigenvalue weighted by Crippen LogP contribution is 2.22. The van der Waals surface area contributed by atoms with E-state index >= 15 is 0 Å². The summed E-state index contributed by atoms with van der Waals surface area (Å²) < 4.78 is 5.49. The highest BCUT2D eigenvalue weighted by atomic mass is 35.5. The summed E-state index contributed by atoms with van der Waals surface area (Å²) in [6.45, 7) is 5.94. The molecule has 1 aromatic carbocycles. The lowest BCUT2D eigenvalue weighted by atomic mass is 9.97. The first-order valence-corrected chi connectivity index (χ1v) is 7.69. The van der Waals surface area contributed by atoms with Crippen molar-refractivity contribution in [3.8, 4) is 11.3 Å². The van der Waals surface area contributed by atoms with Crippen LogP contribution in [-0.2, 0) is 6.54 Å². The van der Waals surface area contributed by atoms with Crippen LogP contribution in [0.4, 0.5) is 0 Å². The molecule has 22 heavy (non-hydrogen) atoms. The Balaban J connectivity index is 0.00000176. The van der Waals surface area contributed by atoms with Crippen molar-refractivity contribution in [1.82, 2.24) is 10.1 Å². The van der Waals surface area contributed by atoms with Crippen LogP contribution >= 0.6 is 12.4 Å². The normalized spacial score (nSPS) is 16.5. The van der Waals surface area contributed by atoms with Gasteiger partial charge < -0.3 is 10.3 Å². The van der Waals surface area contributed by atoms with Gasteiger partial charge in [-0.3, -0.25) is 4.90 Å². The second-order valence-electron chi connectivity index (χ2n) is 6.00. The largest absolute Gasteiger partial charge is 0.359 e. The number of benzene rings is 1. The molecule has 1 aliphatic rings. The first kappa shape index (κ1) is 17.0. The summed E-state index contributed by atoms with van der Waals surface area (Å²) in [7, 11) is 0. The first-order valence-electron chi connectivity index (χ1n) is 7.69. The smallest absolute Gasteiger partial charge is 0.151 e. The van der Waals surface area contributed by atoms with Gasteiger partial charge in [0.05, 0.1) is 6.54 Å². The average Bonchev–Trinajstić information content (AvgIpc) is 2.97. The van der Waals surface area contributed by atoms with Crippen LogP contribution in [0.25, 0.3) is 11.3 Å². The molecule has 2 N–H and O–H groups in total. The van der Waals surface area contributed by atoms with Crippen LogP contribution < -0.4 is 5.73 Å². The zero-order valence-electron chi connectivity index (χ0n) is 13.0. The van der Waals surface area contributed by atoms with Crippen LogP contribution in [0.3, 0.4) is 0 Å². The maximum absolute atomic E-state index is 5.73. The third-order valence-electron chi connectivity index (χ3n) is 4.33. The number of nitrogens with zero attached hydrogens (tertiary/aromatic N) is 2. The lowest BCUT2D eigenvalue weighted by Crippen LogP contribution is -2.35. The molecule has 0 aliphatic carbocycles. The molecule has 0 amide bonds. The highest BCUT2D eigenvalue weighted by molar-refractivity contribution is 5.85. The Morgan fingerprint density at radius 2 is 1.91 bits per heavy atom. The number of halogens is 1. The van der Waals surface area contributed by atoms with Gasteiger partial charge in [-0.05, 0) is 45.3 Å². The van der Waals surface area contributed by atoms with Gasteiger partial charge in [0.25, 0.3) is 0 Å². The van der Waals surface area contributed by atoms with E-state index in [4.69, 9.17) is 10.3 Å². The molecular formula is C17H24ClN3O. The minimum atomic E-state index is 0. The van der Waals surface area contributed by atoms with E-state index in [0.29, 0.717) is 5.92 Å². The second kappa shape index (κ2) is 7.77. The van der Waals surface area contributed by atoms with E-state index in [1.807, 2.05) is 0 Å². The van der Waals surface area contributed by atoms with Crippen molar-refractivity contribution in [1.29, 1.82) is 0 Å². The Kier molecular flexibility index (Phi) is 6.00. The number of aromatic nitrogens is 1. The standard InChI is InChI=1S/C17H23N3O.ClH/c1-13-2-4-15(5-3-13)17-10-16(21-19-17)12-20-8-6-14(11-18)7-9-20;/h2-5,10,14H,6-9,11-12,18H2,1H3;1H. The van der Waals surface area contributed by atoms with Crippen LogP contribution in [0.15, 0.2) is 34.9 Å². The SMILES string of the molecule is Cc1ccc(-c2cc(CN3CCC(CN)CC3)on2)cc1.Cl. The minimum absolute atomic E-state index is 0. The van der Waals surface area contributed by atoms with E-state index in [-0.39, 0.29) is 12.4 Å². The summed E-state index contributed by atoms with van der Waals surface area (Å²) in [6.07, 6.45) is 2.38. The fourth-order valence-corrected chi connectivity index (χ4v) is 2.85. The van der Waals surface area contributed by atoms with E-state index < -0.39 is 0 Å². The van der Waals surface area contributed by atoms with Crippen molar-refractivity contribution in [2.45, 2.75) is 26.3 Å². The van der Waals surface area contributed by atoms with Gasteiger partial charge in [-0.1, -0.05) is 35.0 Å². The third-order valence-corrected chi connectivity index (χ3v) is 4.33. The summed E-state index contributed by atoms with van der Waals surface area (Å²) in [5, 5.41) is 4.19. The molecule has 3 rings (SSSR count). The number of aryl methyl sites for hydroxylation is 1. The highest BCUT2D eigenvalue weighted by Gasteiger charge is 2.19. The maximum atomic E-state index is 5.73. The molecule has 5 heteroatoms. The number of hydrogen-bond donors (Lipinski definition) is 1. The molecular weight excluding hydrogens is 298 g/mol. The molecule has 2 aromatic rings. The molecule has 0 radical (unpaired) electrons. The molecule has 1 aliphatic heterocycles. The van der Waals surface area contributed by atoms with Crippen LogP contribution in [-0.4, -0.2) is 29.7 Å². The van der Waals surface area contributed by atoms with E-state index in [2.05, 4.69) is 47.3 Å². The van der Waals surface area contributed by atoms with Crippen molar-refractivity contribution in [2.75, 3.05) is 19.6 Å². The van der Waals surface area contributed by atoms with Gasteiger partial charge in [-0.15, -0.1) is 12.4 Å². The zero-order chi connectivity index (χ0) is 14.7. The van der Waals surface area contributed by atoms with Gasteiger partial charge in [0.2, 0.25) is 0 Å².